The Morgan fingerprint density at radius 2 is 2.29 bits per heavy atom. The van der Waals surface area contributed by atoms with Gasteiger partial charge in [0.15, 0.2) is 0 Å². The van der Waals surface area contributed by atoms with Gasteiger partial charge in [0.2, 0.25) is 0 Å². The summed E-state index contributed by atoms with van der Waals surface area (Å²) in [5.74, 6) is 0. The molecule has 17 heavy (non-hydrogen) atoms. The van der Waals surface area contributed by atoms with Crippen LogP contribution < -0.4 is 5.32 Å². The molecule has 1 atom stereocenters. The van der Waals surface area contributed by atoms with E-state index in [0.29, 0.717) is 10.8 Å². The largest absolute Gasteiger partial charge is 0.314 e. The molecule has 0 bridgehead atoms. The first-order valence-corrected chi connectivity index (χ1v) is 8.12. The third-order valence-electron chi connectivity index (χ3n) is 2.99. The average Bonchev–Trinajstić information content (AvgIpc) is 2.78. The summed E-state index contributed by atoms with van der Waals surface area (Å²) < 4.78 is 27.0. The lowest BCUT2D eigenvalue weighted by Gasteiger charge is -2.32. The fraction of sp³-hybridized carbons (Fsp3) is 0.636. The summed E-state index contributed by atoms with van der Waals surface area (Å²) >= 11 is 1.39. The Labute approximate surface area is 107 Å². The smallest absolute Gasteiger partial charge is 0.252 e. The van der Waals surface area contributed by atoms with Crippen LogP contribution in [0.15, 0.2) is 16.3 Å². The summed E-state index contributed by atoms with van der Waals surface area (Å²) in [6, 6.07) is 3.67. The van der Waals surface area contributed by atoms with Gasteiger partial charge in [0.05, 0.1) is 0 Å². The van der Waals surface area contributed by atoms with Crippen LogP contribution in [0, 0.1) is 0 Å². The van der Waals surface area contributed by atoms with Crippen LogP contribution in [0.4, 0.5) is 0 Å². The molecule has 1 aliphatic heterocycles. The quantitative estimate of drug-likeness (QED) is 0.903. The minimum atomic E-state index is -3.29. The zero-order chi connectivity index (χ0) is 12.5. The predicted molar refractivity (Wildman–Crippen MR) is 69.9 cm³/mol. The van der Waals surface area contributed by atoms with Gasteiger partial charge in [0.25, 0.3) is 10.0 Å². The maximum atomic E-state index is 12.4. The van der Waals surface area contributed by atoms with Crippen molar-refractivity contribution in [3.63, 3.8) is 0 Å². The number of piperazine rings is 1. The Balaban J connectivity index is 2.28. The summed E-state index contributed by atoms with van der Waals surface area (Å²) in [4.78, 5) is 1.12. The molecule has 0 amide bonds. The minimum Gasteiger partial charge on any atom is -0.314 e. The molecular formula is C11H18N2O2S2. The lowest BCUT2D eigenvalue weighted by Crippen LogP contribution is -2.51. The monoisotopic (exact) mass is 274 g/mol. The molecule has 0 unspecified atom stereocenters. The second-order valence-corrected chi connectivity index (χ2v) is 7.53. The van der Waals surface area contributed by atoms with E-state index < -0.39 is 10.0 Å². The van der Waals surface area contributed by atoms with E-state index in [2.05, 4.69) is 5.32 Å². The number of nitrogens with zero attached hydrogens (tertiary/aromatic N) is 1. The lowest BCUT2D eigenvalue weighted by molar-refractivity contribution is 0.284. The van der Waals surface area contributed by atoms with E-state index >= 15 is 0 Å². The van der Waals surface area contributed by atoms with Crippen LogP contribution >= 0.6 is 11.3 Å². The fourth-order valence-electron chi connectivity index (χ4n) is 1.98. The van der Waals surface area contributed by atoms with Crippen molar-refractivity contribution < 1.29 is 8.42 Å². The van der Waals surface area contributed by atoms with Crippen LogP contribution in [-0.4, -0.2) is 38.4 Å². The van der Waals surface area contributed by atoms with E-state index in [1.165, 1.54) is 11.3 Å². The number of nitrogens with one attached hydrogen (secondary N) is 1. The highest BCUT2D eigenvalue weighted by Crippen LogP contribution is 2.26. The van der Waals surface area contributed by atoms with Crippen molar-refractivity contribution >= 4 is 21.4 Å². The maximum absolute atomic E-state index is 12.4. The first-order chi connectivity index (χ1) is 8.05. The molecule has 1 saturated heterocycles. The number of sulfonamides is 1. The number of aryl methyl sites for hydroxylation is 1. The first kappa shape index (κ1) is 13.0. The van der Waals surface area contributed by atoms with Gasteiger partial charge >= 0.3 is 0 Å². The van der Waals surface area contributed by atoms with Crippen LogP contribution in [0.5, 0.6) is 0 Å². The van der Waals surface area contributed by atoms with Crippen molar-refractivity contribution in [1.82, 2.24) is 9.62 Å². The van der Waals surface area contributed by atoms with Gasteiger partial charge in [0, 0.05) is 30.6 Å². The van der Waals surface area contributed by atoms with Gasteiger partial charge in [-0.25, -0.2) is 8.42 Å². The van der Waals surface area contributed by atoms with E-state index in [1.54, 1.807) is 10.4 Å². The zero-order valence-electron chi connectivity index (χ0n) is 10.1. The molecule has 0 aromatic carbocycles. The molecule has 0 aliphatic carbocycles. The van der Waals surface area contributed by atoms with Gasteiger partial charge in [-0.1, -0.05) is 6.92 Å². The van der Waals surface area contributed by atoms with Gasteiger partial charge < -0.3 is 5.32 Å². The van der Waals surface area contributed by atoms with Crippen LogP contribution in [-0.2, 0) is 16.4 Å². The second kappa shape index (κ2) is 5.06. The lowest BCUT2D eigenvalue weighted by atomic mass is 10.3. The van der Waals surface area contributed by atoms with E-state index in [9.17, 15) is 8.42 Å². The average molecular weight is 274 g/mol. The van der Waals surface area contributed by atoms with Crippen LogP contribution in [0.2, 0.25) is 0 Å². The summed E-state index contributed by atoms with van der Waals surface area (Å²) in [6.45, 7) is 6.00. The first-order valence-electron chi connectivity index (χ1n) is 5.87. The number of hydrogen-bond donors (Lipinski definition) is 1. The van der Waals surface area contributed by atoms with Crippen molar-refractivity contribution in [1.29, 1.82) is 0 Å². The molecule has 2 rings (SSSR count). The van der Waals surface area contributed by atoms with Crippen LogP contribution in [0.25, 0.3) is 0 Å². The molecule has 4 nitrogen and oxygen atoms in total. The van der Waals surface area contributed by atoms with Gasteiger partial charge in [-0.05, 0) is 25.5 Å². The van der Waals surface area contributed by atoms with Gasteiger partial charge in [-0.2, -0.15) is 4.31 Å². The molecule has 96 valence electrons. The highest BCUT2D eigenvalue weighted by atomic mass is 32.2. The molecule has 1 aromatic rings. The molecule has 6 heteroatoms. The number of rotatable bonds is 3. The minimum absolute atomic E-state index is 0.0286. The highest BCUT2D eigenvalue weighted by Gasteiger charge is 2.31. The molecule has 0 saturated carbocycles. The van der Waals surface area contributed by atoms with E-state index in [0.717, 1.165) is 24.4 Å². The van der Waals surface area contributed by atoms with E-state index in [-0.39, 0.29) is 6.04 Å². The van der Waals surface area contributed by atoms with Crippen LogP contribution in [0.1, 0.15) is 18.7 Å². The molecule has 2 heterocycles. The Morgan fingerprint density at radius 1 is 1.53 bits per heavy atom. The van der Waals surface area contributed by atoms with Crippen molar-refractivity contribution in [3.8, 4) is 0 Å². The molecule has 1 N–H and O–H groups in total. The third kappa shape index (κ3) is 2.54. The standard InChI is InChI=1S/C11H18N2O2S2/c1-3-10-4-5-11(16-10)17(14,15)13-7-6-12-8-9(13)2/h4-5,9,12H,3,6-8H2,1-2H3/t9-/m1/s1. The van der Waals surface area contributed by atoms with Crippen molar-refractivity contribution in [2.24, 2.45) is 0 Å². The Hall–Kier alpha value is -0.430. The highest BCUT2D eigenvalue weighted by molar-refractivity contribution is 7.91. The predicted octanol–water partition coefficient (Wildman–Crippen LogP) is 1.29. The normalized spacial score (nSPS) is 22.8. The molecule has 0 radical (unpaired) electrons. The third-order valence-corrected chi connectivity index (χ3v) is 6.70. The van der Waals surface area contributed by atoms with Gasteiger partial charge in [-0.3, -0.25) is 0 Å². The second-order valence-electron chi connectivity index (χ2n) is 4.24. The number of thiophene rings is 1. The summed E-state index contributed by atoms with van der Waals surface area (Å²) in [6.07, 6.45) is 0.886. The summed E-state index contributed by atoms with van der Waals surface area (Å²) in [7, 11) is -3.29. The molecule has 1 fully saturated rings. The molecule has 1 aromatic heterocycles. The summed E-state index contributed by atoms with van der Waals surface area (Å²) in [5.41, 5.74) is 0. The van der Waals surface area contributed by atoms with Crippen molar-refractivity contribution in [2.75, 3.05) is 19.6 Å². The maximum Gasteiger partial charge on any atom is 0.252 e. The Kier molecular flexibility index (Phi) is 3.87. The summed E-state index contributed by atoms with van der Waals surface area (Å²) in [5, 5.41) is 3.20. The van der Waals surface area contributed by atoms with Crippen molar-refractivity contribution in [3.05, 3.63) is 17.0 Å². The molecule has 0 spiro atoms. The van der Waals surface area contributed by atoms with Crippen molar-refractivity contribution in [2.45, 2.75) is 30.5 Å². The van der Waals surface area contributed by atoms with E-state index in [4.69, 9.17) is 0 Å². The van der Waals surface area contributed by atoms with Crippen LogP contribution in [0.3, 0.4) is 0 Å². The Bertz CT molecular complexity index is 481. The topological polar surface area (TPSA) is 49.4 Å². The number of hydrogen-bond acceptors (Lipinski definition) is 4. The fourth-order valence-corrected chi connectivity index (χ4v) is 5.04. The molecule has 1 aliphatic rings. The van der Waals surface area contributed by atoms with Gasteiger partial charge in [-0.15, -0.1) is 11.3 Å². The van der Waals surface area contributed by atoms with Gasteiger partial charge in [0.1, 0.15) is 4.21 Å². The molecular weight excluding hydrogens is 256 g/mol. The zero-order valence-corrected chi connectivity index (χ0v) is 11.8. The van der Waals surface area contributed by atoms with E-state index in [1.807, 2.05) is 19.9 Å². The SMILES string of the molecule is CCc1ccc(S(=O)(=O)N2CCNC[C@H]2C)s1. The Morgan fingerprint density at radius 3 is 2.88 bits per heavy atom.